The Hall–Kier alpha value is -2.96. The third kappa shape index (κ3) is 2.08. The van der Waals surface area contributed by atoms with Gasteiger partial charge in [0.05, 0.1) is 6.20 Å². The van der Waals surface area contributed by atoms with Crippen molar-refractivity contribution < 1.29 is 4.79 Å². The summed E-state index contributed by atoms with van der Waals surface area (Å²) >= 11 is 0. The number of hydrogen-bond donors (Lipinski definition) is 2. The molecule has 0 radical (unpaired) electrons. The smallest absolute Gasteiger partial charge is 0.279 e. The first-order valence-corrected chi connectivity index (χ1v) is 5.55. The Kier molecular flexibility index (Phi) is 2.57. The van der Waals surface area contributed by atoms with Crippen LogP contribution in [0.2, 0.25) is 0 Å². The fourth-order valence-electron chi connectivity index (χ4n) is 1.72. The highest BCUT2D eigenvalue weighted by Gasteiger charge is 2.10. The minimum atomic E-state index is -0.275. The second-order valence-corrected chi connectivity index (χ2v) is 3.92. The van der Waals surface area contributed by atoms with Crippen molar-refractivity contribution in [2.45, 2.75) is 0 Å². The highest BCUT2D eigenvalue weighted by molar-refractivity contribution is 5.95. The molecule has 3 N–H and O–H groups in total. The first-order valence-electron chi connectivity index (χ1n) is 5.55. The molecule has 3 aromatic rings. The normalized spacial score (nSPS) is 10.5. The molecular weight excluding hydrogens is 244 g/mol. The van der Waals surface area contributed by atoms with Crippen LogP contribution in [0.1, 0.15) is 10.4 Å². The minimum Gasteiger partial charge on any atom is -0.366 e. The van der Waals surface area contributed by atoms with Gasteiger partial charge in [0.1, 0.15) is 6.33 Å². The number of rotatable bonds is 2. The number of nitrogens with two attached hydrogens (primary N) is 1. The largest absolute Gasteiger partial charge is 0.366 e. The molecule has 0 unspecified atom stereocenters. The second kappa shape index (κ2) is 4.37. The Morgan fingerprint density at radius 2 is 2.00 bits per heavy atom. The quantitative estimate of drug-likeness (QED) is 0.708. The van der Waals surface area contributed by atoms with Crippen molar-refractivity contribution in [3.63, 3.8) is 0 Å². The van der Waals surface area contributed by atoms with Crippen molar-refractivity contribution in [1.29, 1.82) is 0 Å². The Morgan fingerprint density at radius 1 is 1.21 bits per heavy atom. The maximum atomic E-state index is 12.0. The number of nitrogens with one attached hydrogen (secondary N) is 1. The van der Waals surface area contributed by atoms with Crippen LogP contribution in [0, 0.1) is 0 Å². The van der Waals surface area contributed by atoms with Crippen LogP contribution in [-0.4, -0.2) is 30.9 Å². The first kappa shape index (κ1) is 11.1. The number of carbonyl (C=O) groups is 1. The molecule has 0 aliphatic carbocycles. The molecule has 0 fully saturated rings. The van der Waals surface area contributed by atoms with Gasteiger partial charge in [0.2, 0.25) is 5.95 Å². The number of nitrogens with zero attached hydrogens (tertiary/aromatic N) is 4. The lowest BCUT2D eigenvalue weighted by Gasteiger charge is -2.01. The minimum absolute atomic E-state index is 0.0726. The molecular formula is C12H10N6O. The van der Waals surface area contributed by atoms with Gasteiger partial charge in [-0.05, 0) is 17.7 Å². The summed E-state index contributed by atoms with van der Waals surface area (Å²) in [4.78, 5) is 15.8. The number of aromatic amines is 1. The fraction of sp³-hybridized carbons (Fsp3) is 0. The molecule has 0 amide bonds. The molecule has 0 atom stereocenters. The van der Waals surface area contributed by atoms with Crippen molar-refractivity contribution in [3.8, 4) is 11.1 Å². The van der Waals surface area contributed by atoms with E-state index in [0.29, 0.717) is 5.56 Å². The van der Waals surface area contributed by atoms with Crippen LogP contribution in [0.15, 0.2) is 43.0 Å². The molecule has 0 saturated heterocycles. The molecule has 19 heavy (non-hydrogen) atoms. The van der Waals surface area contributed by atoms with Crippen LogP contribution in [-0.2, 0) is 0 Å². The number of benzene rings is 1. The summed E-state index contributed by atoms with van der Waals surface area (Å²) in [6, 6.07) is 7.14. The van der Waals surface area contributed by atoms with E-state index >= 15 is 0 Å². The van der Waals surface area contributed by atoms with E-state index in [4.69, 9.17) is 5.73 Å². The Morgan fingerprint density at radius 3 is 2.58 bits per heavy atom. The summed E-state index contributed by atoms with van der Waals surface area (Å²) in [7, 11) is 0. The highest BCUT2D eigenvalue weighted by atomic mass is 16.2. The fourth-order valence-corrected chi connectivity index (χ4v) is 1.72. The van der Waals surface area contributed by atoms with Crippen molar-refractivity contribution in [2.24, 2.45) is 0 Å². The highest BCUT2D eigenvalue weighted by Crippen LogP contribution is 2.18. The lowest BCUT2D eigenvalue weighted by Crippen LogP contribution is -2.12. The van der Waals surface area contributed by atoms with E-state index in [1.54, 1.807) is 24.5 Å². The molecule has 0 saturated carbocycles. The van der Waals surface area contributed by atoms with Gasteiger partial charge in [-0.25, -0.2) is 4.98 Å². The lowest BCUT2D eigenvalue weighted by atomic mass is 10.1. The molecule has 7 heteroatoms. The van der Waals surface area contributed by atoms with Gasteiger partial charge >= 0.3 is 0 Å². The van der Waals surface area contributed by atoms with E-state index in [9.17, 15) is 4.79 Å². The second-order valence-electron chi connectivity index (χ2n) is 3.92. The van der Waals surface area contributed by atoms with E-state index in [1.807, 2.05) is 12.1 Å². The first-order chi connectivity index (χ1) is 9.24. The van der Waals surface area contributed by atoms with Crippen molar-refractivity contribution in [1.82, 2.24) is 25.0 Å². The standard InChI is InChI=1S/C12H10N6O/c13-12-14-7-18(17-12)11(19)9-3-1-8(2-4-9)10-5-15-16-6-10/h1-7H,(H2,13,17)(H,15,16). The average Bonchev–Trinajstić information content (AvgIpc) is 3.09. The zero-order valence-electron chi connectivity index (χ0n) is 9.82. The van der Waals surface area contributed by atoms with Crippen molar-refractivity contribution >= 4 is 11.9 Å². The van der Waals surface area contributed by atoms with Gasteiger partial charge in [0.25, 0.3) is 5.91 Å². The van der Waals surface area contributed by atoms with Gasteiger partial charge in [-0.3, -0.25) is 9.89 Å². The van der Waals surface area contributed by atoms with Gasteiger partial charge < -0.3 is 5.73 Å². The van der Waals surface area contributed by atoms with Gasteiger partial charge in [0.15, 0.2) is 0 Å². The van der Waals surface area contributed by atoms with E-state index in [2.05, 4.69) is 20.3 Å². The van der Waals surface area contributed by atoms with Crippen LogP contribution >= 0.6 is 0 Å². The summed E-state index contributed by atoms with van der Waals surface area (Å²) < 4.78 is 1.11. The number of hydrogen-bond acceptors (Lipinski definition) is 5. The zero-order valence-corrected chi connectivity index (χ0v) is 9.82. The third-order valence-electron chi connectivity index (χ3n) is 2.68. The molecule has 0 spiro atoms. The van der Waals surface area contributed by atoms with E-state index in [1.165, 1.54) is 6.33 Å². The number of carbonyl (C=O) groups excluding carboxylic acids is 1. The molecule has 3 rings (SSSR count). The molecule has 94 valence electrons. The van der Waals surface area contributed by atoms with Crippen LogP contribution in [0.25, 0.3) is 11.1 Å². The van der Waals surface area contributed by atoms with Gasteiger partial charge in [-0.15, -0.1) is 5.10 Å². The average molecular weight is 254 g/mol. The molecule has 0 aliphatic rings. The van der Waals surface area contributed by atoms with Crippen LogP contribution in [0.4, 0.5) is 5.95 Å². The summed E-state index contributed by atoms with van der Waals surface area (Å²) in [6.45, 7) is 0. The van der Waals surface area contributed by atoms with Gasteiger partial charge in [0, 0.05) is 17.3 Å². The maximum Gasteiger partial charge on any atom is 0.279 e. The molecule has 7 nitrogen and oxygen atoms in total. The Labute approximate surface area is 108 Å². The molecule has 2 heterocycles. The third-order valence-corrected chi connectivity index (χ3v) is 2.68. The Bertz CT molecular complexity index is 698. The topological polar surface area (TPSA) is 102 Å². The SMILES string of the molecule is Nc1ncn(C(=O)c2ccc(-c3cn[nH]c3)cc2)n1. The number of anilines is 1. The van der Waals surface area contributed by atoms with Gasteiger partial charge in [-0.2, -0.15) is 9.78 Å². The lowest BCUT2D eigenvalue weighted by molar-refractivity contribution is 0.0945. The van der Waals surface area contributed by atoms with Crippen LogP contribution < -0.4 is 5.73 Å². The van der Waals surface area contributed by atoms with Crippen molar-refractivity contribution in [2.75, 3.05) is 5.73 Å². The summed E-state index contributed by atoms with van der Waals surface area (Å²) in [6.07, 6.45) is 4.80. The predicted molar refractivity (Wildman–Crippen MR) is 68.2 cm³/mol. The molecule has 0 aliphatic heterocycles. The van der Waals surface area contributed by atoms with Gasteiger partial charge in [-0.1, -0.05) is 12.1 Å². The molecule has 0 bridgehead atoms. The molecule has 2 aromatic heterocycles. The van der Waals surface area contributed by atoms with Crippen LogP contribution in [0.5, 0.6) is 0 Å². The van der Waals surface area contributed by atoms with E-state index < -0.39 is 0 Å². The monoisotopic (exact) mass is 254 g/mol. The summed E-state index contributed by atoms with van der Waals surface area (Å²) in [5, 5.41) is 10.4. The maximum absolute atomic E-state index is 12.0. The number of aromatic nitrogens is 5. The van der Waals surface area contributed by atoms with Crippen LogP contribution in [0.3, 0.4) is 0 Å². The zero-order chi connectivity index (χ0) is 13.2. The van der Waals surface area contributed by atoms with E-state index in [0.717, 1.165) is 15.8 Å². The predicted octanol–water partition coefficient (Wildman–Crippen LogP) is 0.939. The number of H-pyrrole nitrogens is 1. The Balaban J connectivity index is 1.89. The summed E-state index contributed by atoms with van der Waals surface area (Å²) in [5.41, 5.74) is 7.83. The molecule has 1 aromatic carbocycles. The van der Waals surface area contributed by atoms with E-state index in [-0.39, 0.29) is 11.9 Å². The summed E-state index contributed by atoms with van der Waals surface area (Å²) in [5.74, 6) is -0.202. The number of nitrogen functional groups attached to an aromatic ring is 1. The van der Waals surface area contributed by atoms with Crippen molar-refractivity contribution in [3.05, 3.63) is 48.5 Å².